The van der Waals surface area contributed by atoms with Crippen molar-refractivity contribution in [1.82, 2.24) is 10.0 Å². The molecule has 1 aromatic rings. The Balaban J connectivity index is 2.92. The van der Waals surface area contributed by atoms with Gasteiger partial charge in [-0.15, -0.1) is 0 Å². The Hall–Kier alpha value is -1.67. The molecule has 116 valence electrons. The molecule has 0 unspecified atom stereocenters. The van der Waals surface area contributed by atoms with Gasteiger partial charge >= 0.3 is 6.09 Å². The van der Waals surface area contributed by atoms with Crippen LogP contribution in [-0.2, 0) is 9.57 Å². The average molecular weight is 360 g/mol. The third kappa shape index (κ3) is 5.31. The molecule has 0 aliphatic heterocycles. The number of aromatic nitrogens is 1. The first-order valence-corrected chi connectivity index (χ1v) is 6.92. The summed E-state index contributed by atoms with van der Waals surface area (Å²) >= 11 is 3.23. The van der Waals surface area contributed by atoms with E-state index in [-0.39, 0.29) is 11.5 Å². The number of nitrogens with one attached hydrogen (secondary N) is 1. The van der Waals surface area contributed by atoms with Gasteiger partial charge in [0, 0.05) is 11.5 Å². The maximum atomic E-state index is 12.0. The van der Waals surface area contributed by atoms with E-state index in [0.29, 0.717) is 4.47 Å². The standard InChI is InChI=1S/C13H18BrN3O4/c1-13(2,3)21-12(19)16-9-7-6-8(14)10(15-9)11(18)17(4)20-5/h6-7H,1-5H3,(H,15,16,19). The molecule has 0 spiro atoms. The molecule has 8 heteroatoms. The van der Waals surface area contributed by atoms with Gasteiger partial charge in [0.1, 0.15) is 17.1 Å². The second-order valence-corrected chi connectivity index (χ2v) is 5.99. The van der Waals surface area contributed by atoms with E-state index in [2.05, 4.69) is 26.2 Å². The molecule has 7 nitrogen and oxygen atoms in total. The number of hydrogen-bond acceptors (Lipinski definition) is 5. The van der Waals surface area contributed by atoms with Crippen molar-refractivity contribution in [3.05, 3.63) is 22.3 Å². The molecule has 0 aliphatic carbocycles. The van der Waals surface area contributed by atoms with Crippen LogP contribution in [0.1, 0.15) is 31.3 Å². The number of hydrogen-bond donors (Lipinski definition) is 1. The Bertz CT molecular complexity index is 543. The summed E-state index contributed by atoms with van der Waals surface area (Å²) in [4.78, 5) is 32.6. The summed E-state index contributed by atoms with van der Waals surface area (Å²) in [5, 5.41) is 3.51. The van der Waals surface area contributed by atoms with Gasteiger partial charge in [0.2, 0.25) is 0 Å². The van der Waals surface area contributed by atoms with Crippen LogP contribution in [0.4, 0.5) is 10.6 Å². The number of hydroxylamine groups is 2. The molecule has 21 heavy (non-hydrogen) atoms. The Labute approximate surface area is 131 Å². The minimum Gasteiger partial charge on any atom is -0.444 e. The molecule has 0 atom stereocenters. The van der Waals surface area contributed by atoms with Crippen LogP contribution in [0.2, 0.25) is 0 Å². The molecule has 1 N–H and O–H groups in total. The van der Waals surface area contributed by atoms with Gasteiger partial charge in [0.25, 0.3) is 5.91 Å². The smallest absolute Gasteiger partial charge is 0.413 e. The van der Waals surface area contributed by atoms with Gasteiger partial charge in [-0.25, -0.2) is 14.8 Å². The number of pyridine rings is 1. The fourth-order valence-electron chi connectivity index (χ4n) is 1.30. The molecule has 2 amide bonds. The molecule has 0 aromatic carbocycles. The van der Waals surface area contributed by atoms with E-state index in [0.717, 1.165) is 5.06 Å². The minimum atomic E-state index is -0.643. The highest BCUT2D eigenvalue weighted by Crippen LogP contribution is 2.19. The maximum Gasteiger partial charge on any atom is 0.413 e. The highest BCUT2D eigenvalue weighted by molar-refractivity contribution is 9.10. The van der Waals surface area contributed by atoms with Gasteiger partial charge in [-0.05, 0) is 48.8 Å². The Morgan fingerprint density at radius 1 is 1.33 bits per heavy atom. The van der Waals surface area contributed by atoms with Crippen LogP contribution < -0.4 is 5.32 Å². The third-order valence-corrected chi connectivity index (χ3v) is 2.88. The molecule has 1 aromatic heterocycles. The van der Waals surface area contributed by atoms with Gasteiger partial charge in [-0.2, -0.15) is 0 Å². The second-order valence-electron chi connectivity index (χ2n) is 5.14. The van der Waals surface area contributed by atoms with Crippen LogP contribution in [0.5, 0.6) is 0 Å². The Morgan fingerprint density at radius 2 is 1.95 bits per heavy atom. The van der Waals surface area contributed by atoms with E-state index < -0.39 is 17.6 Å². The van der Waals surface area contributed by atoms with E-state index in [1.54, 1.807) is 32.9 Å². The van der Waals surface area contributed by atoms with Crippen molar-refractivity contribution in [2.24, 2.45) is 0 Å². The van der Waals surface area contributed by atoms with E-state index in [1.807, 2.05) is 0 Å². The summed E-state index contributed by atoms with van der Waals surface area (Å²) in [5.41, 5.74) is -0.498. The molecular formula is C13H18BrN3O4. The quantitative estimate of drug-likeness (QED) is 0.839. The molecule has 0 aliphatic rings. The van der Waals surface area contributed by atoms with E-state index in [1.165, 1.54) is 14.2 Å². The van der Waals surface area contributed by atoms with Gasteiger partial charge < -0.3 is 4.74 Å². The lowest BCUT2D eigenvalue weighted by molar-refractivity contribution is -0.0761. The Kier molecular flexibility index (Phi) is 5.68. The largest absolute Gasteiger partial charge is 0.444 e. The second kappa shape index (κ2) is 6.86. The van der Waals surface area contributed by atoms with Gasteiger partial charge in [-0.1, -0.05) is 0 Å². The van der Waals surface area contributed by atoms with Crippen LogP contribution in [0.3, 0.4) is 0 Å². The number of rotatable bonds is 3. The van der Waals surface area contributed by atoms with Crippen LogP contribution in [0.15, 0.2) is 16.6 Å². The van der Waals surface area contributed by atoms with Crippen molar-refractivity contribution in [1.29, 1.82) is 0 Å². The van der Waals surface area contributed by atoms with Gasteiger partial charge in [-0.3, -0.25) is 14.9 Å². The SMILES string of the molecule is CON(C)C(=O)c1nc(NC(=O)OC(C)(C)C)ccc1Br. The molecular weight excluding hydrogens is 342 g/mol. The topological polar surface area (TPSA) is 80.8 Å². The third-order valence-electron chi connectivity index (χ3n) is 2.24. The van der Waals surface area contributed by atoms with Crippen LogP contribution in [0.25, 0.3) is 0 Å². The molecule has 1 heterocycles. The monoisotopic (exact) mass is 359 g/mol. The first-order valence-electron chi connectivity index (χ1n) is 6.13. The fourth-order valence-corrected chi connectivity index (χ4v) is 1.69. The molecule has 1 rings (SSSR count). The number of halogens is 1. The Morgan fingerprint density at radius 3 is 2.48 bits per heavy atom. The number of nitrogens with zero attached hydrogens (tertiary/aromatic N) is 2. The molecule has 0 fully saturated rings. The minimum absolute atomic E-state index is 0.118. The number of amides is 2. The highest BCUT2D eigenvalue weighted by atomic mass is 79.9. The van der Waals surface area contributed by atoms with E-state index >= 15 is 0 Å². The lowest BCUT2D eigenvalue weighted by Crippen LogP contribution is -2.29. The zero-order valence-electron chi connectivity index (χ0n) is 12.6. The molecule has 0 saturated heterocycles. The molecule has 0 radical (unpaired) electrons. The van der Waals surface area contributed by atoms with Crippen molar-refractivity contribution in [2.75, 3.05) is 19.5 Å². The van der Waals surface area contributed by atoms with Crippen LogP contribution >= 0.6 is 15.9 Å². The number of anilines is 1. The van der Waals surface area contributed by atoms with Crippen LogP contribution in [-0.4, -0.2) is 41.8 Å². The summed E-state index contributed by atoms with van der Waals surface area (Å²) in [5.74, 6) is -0.238. The van der Waals surface area contributed by atoms with Gasteiger partial charge in [0.05, 0.1) is 7.11 Å². The first kappa shape index (κ1) is 17.4. The van der Waals surface area contributed by atoms with E-state index in [4.69, 9.17) is 9.57 Å². The average Bonchev–Trinajstić information content (AvgIpc) is 2.37. The van der Waals surface area contributed by atoms with Crippen molar-refractivity contribution < 1.29 is 19.2 Å². The lowest BCUT2D eigenvalue weighted by Gasteiger charge is -2.19. The number of carbonyl (C=O) groups is 2. The van der Waals surface area contributed by atoms with Crippen molar-refractivity contribution >= 4 is 33.7 Å². The zero-order valence-corrected chi connectivity index (χ0v) is 14.1. The highest BCUT2D eigenvalue weighted by Gasteiger charge is 2.20. The van der Waals surface area contributed by atoms with Crippen molar-refractivity contribution in [2.45, 2.75) is 26.4 Å². The number of carbonyl (C=O) groups excluding carboxylic acids is 2. The fraction of sp³-hybridized carbons (Fsp3) is 0.462. The summed E-state index contributed by atoms with van der Waals surface area (Å²) in [7, 11) is 2.83. The summed E-state index contributed by atoms with van der Waals surface area (Å²) in [6, 6.07) is 3.16. The number of ether oxygens (including phenoxy) is 1. The lowest BCUT2D eigenvalue weighted by atomic mass is 10.2. The summed E-state index contributed by atoms with van der Waals surface area (Å²) in [6.45, 7) is 5.26. The maximum absolute atomic E-state index is 12.0. The normalized spacial score (nSPS) is 11.0. The van der Waals surface area contributed by atoms with E-state index in [9.17, 15) is 9.59 Å². The zero-order chi connectivity index (χ0) is 16.2. The molecule has 0 saturated carbocycles. The van der Waals surface area contributed by atoms with Crippen LogP contribution in [0, 0.1) is 0 Å². The molecule has 0 bridgehead atoms. The predicted molar refractivity (Wildman–Crippen MR) is 80.9 cm³/mol. The summed E-state index contributed by atoms with van der Waals surface area (Å²) < 4.78 is 5.61. The van der Waals surface area contributed by atoms with Gasteiger partial charge in [0.15, 0.2) is 0 Å². The first-order chi connectivity index (χ1) is 9.64. The predicted octanol–water partition coefficient (Wildman–Crippen LogP) is 2.82. The van der Waals surface area contributed by atoms with Crippen molar-refractivity contribution in [3.63, 3.8) is 0 Å². The van der Waals surface area contributed by atoms with Crippen molar-refractivity contribution in [3.8, 4) is 0 Å². The summed E-state index contributed by atoms with van der Waals surface area (Å²) in [6.07, 6.45) is -0.643.